The van der Waals surface area contributed by atoms with Crippen LogP contribution in [0.25, 0.3) is 22.4 Å². The van der Waals surface area contributed by atoms with Crippen molar-refractivity contribution in [1.82, 2.24) is 9.97 Å². The van der Waals surface area contributed by atoms with Gasteiger partial charge >= 0.3 is 0 Å². The van der Waals surface area contributed by atoms with Gasteiger partial charge in [-0.3, -0.25) is 4.99 Å². The normalized spacial score (nSPS) is 19.2. The Morgan fingerprint density at radius 2 is 1.48 bits per heavy atom. The largest absolute Gasteiger partial charge is 0.345 e. The summed E-state index contributed by atoms with van der Waals surface area (Å²) in [7, 11) is 0. The van der Waals surface area contributed by atoms with Crippen LogP contribution in [-0.2, 0) is 19.3 Å². The Kier molecular flexibility index (Phi) is 3.31. The van der Waals surface area contributed by atoms with Crippen LogP contribution in [0.5, 0.6) is 0 Å². The third-order valence-corrected chi connectivity index (χ3v) is 7.34. The summed E-state index contributed by atoms with van der Waals surface area (Å²) in [6, 6.07) is 9.90. The predicted molar refractivity (Wildman–Crippen MR) is 125 cm³/mol. The Labute approximate surface area is 182 Å². The summed E-state index contributed by atoms with van der Waals surface area (Å²) in [5.41, 5.74) is 14.8. The summed E-state index contributed by atoms with van der Waals surface area (Å²) >= 11 is 0. The monoisotopic (exact) mass is 406 g/mol. The number of aliphatic imine (C=N–C) groups is 2. The van der Waals surface area contributed by atoms with Gasteiger partial charge in [0.25, 0.3) is 0 Å². The van der Waals surface area contributed by atoms with Gasteiger partial charge in [0.05, 0.1) is 17.4 Å². The van der Waals surface area contributed by atoms with Gasteiger partial charge in [-0.1, -0.05) is 33.8 Å². The fraction of sp³-hybridized carbons (Fsp3) is 0.370. The molecule has 2 aromatic carbocycles. The maximum atomic E-state index is 4.93. The molecule has 1 unspecified atom stereocenters. The van der Waals surface area contributed by atoms with E-state index >= 15 is 0 Å². The van der Waals surface area contributed by atoms with Crippen molar-refractivity contribution in [2.75, 3.05) is 0 Å². The van der Waals surface area contributed by atoms with Crippen LogP contribution in [0.1, 0.15) is 72.9 Å². The van der Waals surface area contributed by atoms with Crippen LogP contribution >= 0.6 is 0 Å². The lowest BCUT2D eigenvalue weighted by Crippen LogP contribution is -2.09. The van der Waals surface area contributed by atoms with E-state index in [9.17, 15) is 0 Å². The molecule has 7 rings (SSSR count). The lowest BCUT2D eigenvalue weighted by molar-refractivity contribution is 0.789. The van der Waals surface area contributed by atoms with Crippen molar-refractivity contribution < 1.29 is 0 Å². The molecule has 4 heteroatoms. The van der Waals surface area contributed by atoms with Crippen LogP contribution in [0.3, 0.4) is 0 Å². The molecule has 3 aliphatic carbocycles. The molecule has 1 aromatic heterocycles. The molecule has 3 aromatic rings. The second-order valence-electron chi connectivity index (χ2n) is 10.1. The summed E-state index contributed by atoms with van der Waals surface area (Å²) in [6.07, 6.45) is 2.95. The minimum atomic E-state index is 0.237. The molecule has 1 atom stereocenters. The van der Waals surface area contributed by atoms with Crippen molar-refractivity contribution in [2.45, 2.75) is 58.9 Å². The molecule has 1 aliphatic heterocycles. The Hall–Kier alpha value is -3.01. The van der Waals surface area contributed by atoms with Gasteiger partial charge in [0.1, 0.15) is 11.7 Å². The molecule has 2 heterocycles. The van der Waals surface area contributed by atoms with E-state index in [1.165, 1.54) is 61.6 Å². The summed E-state index contributed by atoms with van der Waals surface area (Å²) in [5, 5.41) is 0. The highest BCUT2D eigenvalue weighted by molar-refractivity contribution is 6.18. The zero-order chi connectivity index (χ0) is 21.0. The van der Waals surface area contributed by atoms with E-state index in [1.54, 1.807) is 0 Å². The summed E-state index contributed by atoms with van der Waals surface area (Å²) in [6.45, 7) is 8.75. The smallest absolute Gasteiger partial charge is 0.126 e. The Morgan fingerprint density at radius 1 is 0.806 bits per heavy atom. The van der Waals surface area contributed by atoms with E-state index < -0.39 is 0 Å². The van der Waals surface area contributed by atoms with Crippen LogP contribution in [0.4, 0.5) is 0 Å². The van der Waals surface area contributed by atoms with Crippen LogP contribution < -0.4 is 0 Å². The number of hydrogen-bond acceptors (Lipinski definition) is 3. The molecule has 4 aliphatic rings. The average molecular weight is 407 g/mol. The number of nitrogens with one attached hydrogen (secondary N) is 1. The van der Waals surface area contributed by atoms with Crippen LogP contribution in [0.2, 0.25) is 0 Å². The first-order valence-corrected chi connectivity index (χ1v) is 11.5. The first-order valence-electron chi connectivity index (χ1n) is 11.5. The number of H-pyrrole nitrogens is 1. The molecule has 0 fully saturated rings. The van der Waals surface area contributed by atoms with Gasteiger partial charge < -0.3 is 4.98 Å². The number of aromatic nitrogens is 2. The Morgan fingerprint density at radius 3 is 2.23 bits per heavy atom. The maximum absolute atomic E-state index is 4.93. The highest BCUT2D eigenvalue weighted by Crippen LogP contribution is 2.46. The van der Waals surface area contributed by atoms with Gasteiger partial charge in [0, 0.05) is 41.5 Å². The molecule has 0 saturated heterocycles. The first kappa shape index (κ1) is 17.6. The zero-order valence-corrected chi connectivity index (χ0v) is 18.5. The van der Waals surface area contributed by atoms with Crippen LogP contribution in [0, 0.1) is 5.92 Å². The molecule has 1 N–H and O–H groups in total. The number of imidazole rings is 1. The van der Waals surface area contributed by atoms with Crippen molar-refractivity contribution in [2.24, 2.45) is 15.9 Å². The topological polar surface area (TPSA) is 53.4 Å². The molecular formula is C27H26N4. The van der Waals surface area contributed by atoms with E-state index in [4.69, 9.17) is 15.0 Å². The standard InChI is InChI=1S/C27H26N4/c1-12(2)26-28-22-10-16-6-18-14(8-20(16)24(22)30-26)5-15-9-21-17(7-19(15)18)11-23-25(21)31-27(29-23)13(3)4/h6-9,12-13,22H,5,10-11H2,1-4H3,(H,29,31). The van der Waals surface area contributed by atoms with Gasteiger partial charge in [-0.05, 0) is 58.0 Å². The van der Waals surface area contributed by atoms with E-state index in [0.29, 0.717) is 11.8 Å². The number of nitrogens with zero attached hydrogens (tertiary/aromatic N) is 3. The van der Waals surface area contributed by atoms with Crippen molar-refractivity contribution >= 4 is 11.5 Å². The lowest BCUT2D eigenvalue weighted by Gasteiger charge is -2.08. The van der Waals surface area contributed by atoms with E-state index in [1.807, 2.05) is 0 Å². The second-order valence-corrected chi connectivity index (χ2v) is 10.1. The number of benzene rings is 2. The van der Waals surface area contributed by atoms with Crippen LogP contribution in [0.15, 0.2) is 34.3 Å². The minimum absolute atomic E-state index is 0.237. The Bertz CT molecular complexity index is 1370. The Balaban J connectivity index is 1.29. The number of aromatic amines is 1. The molecule has 0 amide bonds. The van der Waals surface area contributed by atoms with Gasteiger partial charge in [0.15, 0.2) is 0 Å². The highest BCUT2D eigenvalue weighted by atomic mass is 15.0. The van der Waals surface area contributed by atoms with E-state index in [0.717, 1.165) is 30.9 Å². The summed E-state index contributed by atoms with van der Waals surface area (Å²) in [5.74, 6) is 2.94. The van der Waals surface area contributed by atoms with Crippen molar-refractivity contribution in [1.29, 1.82) is 0 Å². The molecule has 154 valence electrons. The fourth-order valence-electron chi connectivity index (χ4n) is 5.71. The van der Waals surface area contributed by atoms with Crippen molar-refractivity contribution in [3.8, 4) is 22.4 Å². The molecule has 0 spiro atoms. The highest BCUT2D eigenvalue weighted by Gasteiger charge is 2.36. The molecule has 0 bridgehead atoms. The van der Waals surface area contributed by atoms with Gasteiger partial charge in [-0.25, -0.2) is 9.98 Å². The lowest BCUT2D eigenvalue weighted by atomic mass is 9.97. The zero-order valence-electron chi connectivity index (χ0n) is 18.5. The van der Waals surface area contributed by atoms with E-state index in [-0.39, 0.29) is 6.04 Å². The fourth-order valence-corrected chi connectivity index (χ4v) is 5.71. The first-order chi connectivity index (χ1) is 15.0. The summed E-state index contributed by atoms with van der Waals surface area (Å²) < 4.78 is 0. The van der Waals surface area contributed by atoms with E-state index in [2.05, 4.69) is 56.9 Å². The maximum Gasteiger partial charge on any atom is 0.126 e. The quantitative estimate of drug-likeness (QED) is 0.416. The second kappa shape index (κ2) is 5.82. The molecular weight excluding hydrogens is 380 g/mol. The minimum Gasteiger partial charge on any atom is -0.345 e. The van der Waals surface area contributed by atoms with Crippen molar-refractivity contribution in [3.63, 3.8) is 0 Å². The number of hydrogen-bond donors (Lipinski definition) is 1. The average Bonchev–Trinajstić information content (AvgIpc) is 3.49. The van der Waals surface area contributed by atoms with Gasteiger partial charge in [-0.15, -0.1) is 0 Å². The molecule has 0 saturated carbocycles. The third kappa shape index (κ3) is 2.33. The van der Waals surface area contributed by atoms with Crippen LogP contribution in [-0.4, -0.2) is 27.6 Å². The van der Waals surface area contributed by atoms with Gasteiger partial charge in [0.2, 0.25) is 0 Å². The van der Waals surface area contributed by atoms with Crippen molar-refractivity contribution in [3.05, 3.63) is 63.6 Å². The molecule has 0 radical (unpaired) electrons. The SMILES string of the molecule is CC(C)C1=NC2Cc3cc4c(cc3C2=N1)Cc1cc2c(cc1-4)Cc1[nH]c(C(C)C)nc1-2. The third-order valence-electron chi connectivity index (χ3n) is 7.34. The number of rotatable bonds is 2. The predicted octanol–water partition coefficient (Wildman–Crippen LogP) is 5.46. The number of amidine groups is 1. The van der Waals surface area contributed by atoms with Gasteiger partial charge in [-0.2, -0.15) is 0 Å². The number of fused-ring (bicyclic) bond motifs is 9. The summed E-state index contributed by atoms with van der Waals surface area (Å²) in [4.78, 5) is 18.3. The molecule has 4 nitrogen and oxygen atoms in total. The molecule has 31 heavy (non-hydrogen) atoms.